The van der Waals surface area contributed by atoms with Crippen LogP contribution in [0.4, 0.5) is 0 Å². The summed E-state index contributed by atoms with van der Waals surface area (Å²) in [6, 6.07) is 8.68. The summed E-state index contributed by atoms with van der Waals surface area (Å²) in [5.74, 6) is 0.911. The van der Waals surface area contributed by atoms with Crippen LogP contribution in [0.3, 0.4) is 0 Å². The molecule has 2 heterocycles. The molecule has 0 radical (unpaired) electrons. The van der Waals surface area contributed by atoms with Gasteiger partial charge >= 0.3 is 0 Å². The minimum atomic E-state index is 0.212. The average molecular weight is 301 g/mol. The Kier molecular flexibility index (Phi) is 5.46. The minimum Gasteiger partial charge on any atom is -0.355 e. The number of carbonyl (C=O) groups excluding carboxylic acids is 1. The van der Waals surface area contributed by atoms with Gasteiger partial charge in [0.15, 0.2) is 0 Å². The molecule has 1 saturated heterocycles. The summed E-state index contributed by atoms with van der Waals surface area (Å²) >= 11 is 0. The number of nitrogens with one attached hydrogen (secondary N) is 2. The molecular weight excluding hydrogens is 274 g/mol. The molecule has 22 heavy (non-hydrogen) atoms. The molecule has 1 fully saturated rings. The van der Waals surface area contributed by atoms with E-state index in [0.717, 1.165) is 52.1 Å². The third kappa shape index (κ3) is 4.31. The number of carbonyl (C=O) groups is 1. The van der Waals surface area contributed by atoms with Gasteiger partial charge in [-0.05, 0) is 49.4 Å². The van der Waals surface area contributed by atoms with Crippen molar-refractivity contribution in [3.05, 3.63) is 35.4 Å². The molecule has 0 spiro atoms. The highest BCUT2D eigenvalue weighted by Gasteiger charge is 2.17. The molecule has 120 valence electrons. The van der Waals surface area contributed by atoms with Crippen molar-refractivity contribution in [3.63, 3.8) is 0 Å². The van der Waals surface area contributed by atoms with Gasteiger partial charge in [0.1, 0.15) is 0 Å². The van der Waals surface area contributed by atoms with Crippen molar-refractivity contribution >= 4 is 5.91 Å². The van der Waals surface area contributed by atoms with E-state index in [1.807, 2.05) is 0 Å². The predicted octanol–water partition coefficient (Wildman–Crippen LogP) is 1.55. The highest BCUT2D eigenvalue weighted by atomic mass is 16.1. The van der Waals surface area contributed by atoms with Crippen molar-refractivity contribution < 1.29 is 4.79 Å². The zero-order valence-corrected chi connectivity index (χ0v) is 13.3. The van der Waals surface area contributed by atoms with Crippen molar-refractivity contribution in [3.8, 4) is 0 Å². The molecular formula is C18H27N3O. The molecule has 4 heteroatoms. The van der Waals surface area contributed by atoms with E-state index < -0.39 is 0 Å². The van der Waals surface area contributed by atoms with Crippen LogP contribution in [0.25, 0.3) is 0 Å². The summed E-state index contributed by atoms with van der Waals surface area (Å²) in [6.45, 7) is 6.03. The van der Waals surface area contributed by atoms with E-state index >= 15 is 0 Å². The summed E-state index contributed by atoms with van der Waals surface area (Å²) in [7, 11) is 0. The van der Waals surface area contributed by atoms with Gasteiger partial charge in [-0.3, -0.25) is 9.69 Å². The second-order valence-corrected chi connectivity index (χ2v) is 6.54. The highest BCUT2D eigenvalue weighted by molar-refractivity contribution is 5.75. The molecule has 0 saturated carbocycles. The minimum absolute atomic E-state index is 0.212. The molecule has 1 atom stereocenters. The lowest BCUT2D eigenvalue weighted by molar-refractivity contribution is -0.121. The van der Waals surface area contributed by atoms with Crippen LogP contribution in [0.15, 0.2) is 24.3 Å². The lowest BCUT2D eigenvalue weighted by Crippen LogP contribution is -2.37. The van der Waals surface area contributed by atoms with Crippen LogP contribution >= 0.6 is 0 Å². The fourth-order valence-corrected chi connectivity index (χ4v) is 3.48. The Hall–Kier alpha value is -1.39. The number of rotatable bonds is 6. The van der Waals surface area contributed by atoms with Crippen LogP contribution in [-0.2, 0) is 17.8 Å². The first kappa shape index (κ1) is 15.5. The first-order chi connectivity index (χ1) is 10.8. The van der Waals surface area contributed by atoms with Gasteiger partial charge in [0.25, 0.3) is 0 Å². The van der Waals surface area contributed by atoms with Crippen LogP contribution in [0, 0.1) is 5.92 Å². The Balaban J connectivity index is 1.32. The van der Waals surface area contributed by atoms with Gasteiger partial charge in [0.2, 0.25) is 5.91 Å². The number of hydrogen-bond acceptors (Lipinski definition) is 3. The number of nitrogens with zero attached hydrogens (tertiary/aromatic N) is 1. The van der Waals surface area contributed by atoms with Gasteiger partial charge in [-0.2, -0.15) is 0 Å². The molecule has 1 aromatic rings. The van der Waals surface area contributed by atoms with Gasteiger partial charge in [0.05, 0.1) is 0 Å². The first-order valence-corrected chi connectivity index (χ1v) is 8.58. The zero-order valence-electron chi connectivity index (χ0n) is 13.3. The number of hydrogen-bond donors (Lipinski definition) is 2. The van der Waals surface area contributed by atoms with E-state index in [1.54, 1.807) is 0 Å². The molecule has 3 rings (SSSR count). The Morgan fingerprint density at radius 3 is 3.00 bits per heavy atom. The Labute approximate surface area is 133 Å². The van der Waals surface area contributed by atoms with Gasteiger partial charge in [0, 0.05) is 32.6 Å². The Morgan fingerprint density at radius 2 is 2.18 bits per heavy atom. The summed E-state index contributed by atoms with van der Waals surface area (Å²) < 4.78 is 0. The largest absolute Gasteiger partial charge is 0.355 e. The lowest BCUT2D eigenvalue weighted by Gasteiger charge is -2.28. The molecule has 2 N–H and O–H groups in total. The van der Waals surface area contributed by atoms with Crippen molar-refractivity contribution in [1.29, 1.82) is 0 Å². The smallest absolute Gasteiger partial charge is 0.220 e. The molecule has 1 amide bonds. The van der Waals surface area contributed by atoms with Crippen LogP contribution < -0.4 is 10.6 Å². The molecule has 2 aliphatic rings. The third-order valence-electron chi connectivity index (χ3n) is 4.90. The second-order valence-electron chi connectivity index (χ2n) is 6.54. The summed E-state index contributed by atoms with van der Waals surface area (Å²) in [6.07, 6.45) is 4.05. The van der Waals surface area contributed by atoms with E-state index in [2.05, 4.69) is 39.8 Å². The molecule has 4 nitrogen and oxygen atoms in total. The summed E-state index contributed by atoms with van der Waals surface area (Å²) in [5.41, 5.74) is 2.92. The van der Waals surface area contributed by atoms with E-state index in [1.165, 1.54) is 17.5 Å². The van der Waals surface area contributed by atoms with E-state index in [0.29, 0.717) is 12.3 Å². The maximum Gasteiger partial charge on any atom is 0.220 e. The maximum absolute atomic E-state index is 11.9. The number of fused-ring (bicyclic) bond motifs is 1. The molecule has 1 aromatic carbocycles. The van der Waals surface area contributed by atoms with Gasteiger partial charge in [-0.15, -0.1) is 0 Å². The van der Waals surface area contributed by atoms with E-state index in [9.17, 15) is 4.79 Å². The lowest BCUT2D eigenvalue weighted by atomic mass is 10.00. The standard InChI is InChI=1S/C18H27N3O/c22-18(6-5-15-7-9-19-13-15)20-10-12-21-11-8-16-3-1-2-4-17(16)14-21/h1-4,15,19H,5-14H2,(H,20,22). The van der Waals surface area contributed by atoms with Crippen molar-refractivity contribution in [2.75, 3.05) is 32.7 Å². The van der Waals surface area contributed by atoms with Crippen LogP contribution in [0.1, 0.15) is 30.4 Å². The molecule has 0 bridgehead atoms. The van der Waals surface area contributed by atoms with Crippen molar-refractivity contribution in [1.82, 2.24) is 15.5 Å². The van der Waals surface area contributed by atoms with Crippen molar-refractivity contribution in [2.45, 2.75) is 32.2 Å². The molecule has 0 aliphatic carbocycles. The van der Waals surface area contributed by atoms with Crippen molar-refractivity contribution in [2.24, 2.45) is 5.92 Å². The first-order valence-electron chi connectivity index (χ1n) is 8.58. The van der Waals surface area contributed by atoms with Crippen LogP contribution in [-0.4, -0.2) is 43.5 Å². The summed E-state index contributed by atoms with van der Waals surface area (Å²) in [5, 5.41) is 6.43. The van der Waals surface area contributed by atoms with Gasteiger partial charge in [-0.25, -0.2) is 0 Å². The topological polar surface area (TPSA) is 44.4 Å². The summed E-state index contributed by atoms with van der Waals surface area (Å²) in [4.78, 5) is 14.3. The Bertz CT molecular complexity index is 497. The van der Waals surface area contributed by atoms with Crippen LogP contribution in [0.2, 0.25) is 0 Å². The molecule has 2 aliphatic heterocycles. The maximum atomic E-state index is 11.9. The molecule has 0 aromatic heterocycles. The van der Waals surface area contributed by atoms with Crippen LogP contribution in [0.5, 0.6) is 0 Å². The normalized spacial score (nSPS) is 21.5. The molecule has 1 unspecified atom stereocenters. The fraction of sp³-hybridized carbons (Fsp3) is 0.611. The van der Waals surface area contributed by atoms with E-state index in [-0.39, 0.29) is 5.91 Å². The zero-order chi connectivity index (χ0) is 15.2. The average Bonchev–Trinajstić information content (AvgIpc) is 3.06. The SMILES string of the molecule is O=C(CCC1CCNC1)NCCN1CCc2ccccc2C1. The second kappa shape index (κ2) is 7.75. The van der Waals surface area contributed by atoms with Gasteiger partial charge < -0.3 is 10.6 Å². The highest BCUT2D eigenvalue weighted by Crippen LogP contribution is 2.18. The quantitative estimate of drug-likeness (QED) is 0.838. The Morgan fingerprint density at radius 1 is 1.32 bits per heavy atom. The third-order valence-corrected chi connectivity index (χ3v) is 4.90. The number of amides is 1. The predicted molar refractivity (Wildman–Crippen MR) is 88.6 cm³/mol. The number of benzene rings is 1. The van der Waals surface area contributed by atoms with E-state index in [4.69, 9.17) is 0 Å². The van der Waals surface area contributed by atoms with Gasteiger partial charge in [-0.1, -0.05) is 24.3 Å². The fourth-order valence-electron chi connectivity index (χ4n) is 3.48. The monoisotopic (exact) mass is 301 g/mol.